The van der Waals surface area contributed by atoms with E-state index in [0.29, 0.717) is 11.5 Å². The Balaban J connectivity index is 2.39. The summed E-state index contributed by atoms with van der Waals surface area (Å²) in [6, 6.07) is 5.53. The molecule has 1 atom stereocenters. The molecule has 0 saturated heterocycles. The normalized spacial score (nSPS) is 11.8. The van der Waals surface area contributed by atoms with Gasteiger partial charge < -0.3 is 10.1 Å². The van der Waals surface area contributed by atoms with E-state index in [1.54, 1.807) is 6.92 Å². The third-order valence-corrected chi connectivity index (χ3v) is 4.76. The number of anilines is 1. The van der Waals surface area contributed by atoms with Crippen LogP contribution in [0.3, 0.4) is 0 Å². The van der Waals surface area contributed by atoms with Crippen LogP contribution in [0.25, 0.3) is 0 Å². The third-order valence-electron chi connectivity index (χ3n) is 2.41. The van der Waals surface area contributed by atoms with Crippen molar-refractivity contribution in [3.63, 3.8) is 0 Å². The molecule has 1 N–H and O–H groups in total. The van der Waals surface area contributed by atoms with Gasteiger partial charge in [0.05, 0.1) is 24.5 Å². The van der Waals surface area contributed by atoms with Crippen LogP contribution in [0, 0.1) is 5.92 Å². The van der Waals surface area contributed by atoms with Gasteiger partial charge in [0.15, 0.2) is 0 Å². The molecule has 1 unspecified atom stereocenters. The van der Waals surface area contributed by atoms with Crippen LogP contribution in [0.2, 0.25) is 0 Å². The number of carbonyl (C=O) groups excluding carboxylic acids is 2. The van der Waals surface area contributed by atoms with Crippen molar-refractivity contribution in [3.05, 3.63) is 27.1 Å². The molecule has 1 amide bonds. The number of ether oxygens (including phenoxy) is 1. The van der Waals surface area contributed by atoms with Crippen LogP contribution in [0.1, 0.15) is 6.92 Å². The predicted octanol–water partition coefficient (Wildman–Crippen LogP) is 3.69. The van der Waals surface area contributed by atoms with Crippen LogP contribution in [-0.2, 0) is 14.3 Å². The minimum atomic E-state index is -0.256. The van der Waals surface area contributed by atoms with E-state index < -0.39 is 0 Å². The smallest absolute Gasteiger partial charge is 0.309 e. The van der Waals surface area contributed by atoms with Crippen molar-refractivity contribution in [3.8, 4) is 0 Å². The zero-order valence-electron chi connectivity index (χ0n) is 11.1. The summed E-state index contributed by atoms with van der Waals surface area (Å²) in [5.74, 6) is 0.284. The molecule has 0 heterocycles. The number of hydrogen-bond acceptors (Lipinski definition) is 4. The summed E-state index contributed by atoms with van der Waals surface area (Å²) < 4.78 is 6.38. The summed E-state index contributed by atoms with van der Waals surface area (Å²) >= 11 is 8.14. The van der Waals surface area contributed by atoms with Crippen molar-refractivity contribution in [1.29, 1.82) is 0 Å². The number of carbonyl (C=O) groups is 2. The molecule has 0 saturated carbocycles. The van der Waals surface area contributed by atoms with E-state index in [9.17, 15) is 9.59 Å². The van der Waals surface area contributed by atoms with Gasteiger partial charge in [-0.1, -0.05) is 22.9 Å². The van der Waals surface area contributed by atoms with Crippen molar-refractivity contribution < 1.29 is 14.3 Å². The van der Waals surface area contributed by atoms with Crippen LogP contribution in [0.4, 0.5) is 5.69 Å². The van der Waals surface area contributed by atoms with E-state index >= 15 is 0 Å². The van der Waals surface area contributed by atoms with Gasteiger partial charge in [-0.3, -0.25) is 9.59 Å². The van der Waals surface area contributed by atoms with Crippen molar-refractivity contribution in [1.82, 2.24) is 0 Å². The Morgan fingerprint density at radius 1 is 1.40 bits per heavy atom. The first-order valence-corrected chi connectivity index (χ1v) is 8.58. The summed E-state index contributed by atoms with van der Waals surface area (Å²) in [5.41, 5.74) is 0.722. The summed E-state index contributed by atoms with van der Waals surface area (Å²) in [6.07, 6.45) is 0. The molecule has 0 aliphatic heterocycles. The average Bonchev–Trinajstić information content (AvgIpc) is 2.41. The standard InChI is InChI=1S/C13H15Br2NO3S/c1-8(13(18)19-2)6-20-7-12(17)16-11-4-3-9(14)5-10(11)15/h3-5,8H,6-7H2,1-2H3,(H,16,17). The fourth-order valence-corrected chi connectivity index (χ4v) is 3.39. The number of benzene rings is 1. The van der Waals surface area contributed by atoms with Gasteiger partial charge in [0, 0.05) is 14.7 Å². The highest BCUT2D eigenvalue weighted by atomic mass is 79.9. The maximum atomic E-state index is 11.8. The lowest BCUT2D eigenvalue weighted by atomic mass is 10.2. The Morgan fingerprint density at radius 3 is 2.70 bits per heavy atom. The number of hydrogen-bond donors (Lipinski definition) is 1. The molecule has 0 aliphatic carbocycles. The molecule has 0 aliphatic rings. The Hall–Kier alpha value is -0.530. The number of amides is 1. The number of esters is 1. The van der Waals surface area contributed by atoms with Crippen LogP contribution in [-0.4, -0.2) is 30.5 Å². The quantitative estimate of drug-likeness (QED) is 0.707. The SMILES string of the molecule is COC(=O)C(C)CSCC(=O)Nc1ccc(Br)cc1Br. The van der Waals surface area contributed by atoms with Gasteiger partial charge in [0.25, 0.3) is 0 Å². The fraction of sp³-hybridized carbons (Fsp3) is 0.385. The first kappa shape index (κ1) is 17.5. The summed E-state index contributed by atoms with van der Waals surface area (Å²) in [5, 5.41) is 2.81. The maximum Gasteiger partial charge on any atom is 0.309 e. The molecule has 20 heavy (non-hydrogen) atoms. The van der Waals surface area contributed by atoms with E-state index in [4.69, 9.17) is 0 Å². The molecule has 1 aromatic rings. The van der Waals surface area contributed by atoms with Gasteiger partial charge >= 0.3 is 5.97 Å². The lowest BCUT2D eigenvalue weighted by Gasteiger charge is -2.10. The van der Waals surface area contributed by atoms with Crippen LogP contribution in [0.5, 0.6) is 0 Å². The predicted molar refractivity (Wildman–Crippen MR) is 89.0 cm³/mol. The number of rotatable bonds is 6. The lowest BCUT2D eigenvalue weighted by Crippen LogP contribution is -2.18. The topological polar surface area (TPSA) is 55.4 Å². The molecule has 0 spiro atoms. The Bertz CT molecular complexity index is 497. The third kappa shape index (κ3) is 5.85. The maximum absolute atomic E-state index is 11.8. The van der Waals surface area contributed by atoms with Crippen molar-refractivity contribution in [2.45, 2.75) is 6.92 Å². The summed E-state index contributed by atoms with van der Waals surface area (Å²) in [6.45, 7) is 1.78. The first-order chi connectivity index (χ1) is 9.43. The molecule has 7 heteroatoms. The monoisotopic (exact) mass is 423 g/mol. The van der Waals surface area contributed by atoms with E-state index in [2.05, 4.69) is 41.9 Å². The van der Waals surface area contributed by atoms with Gasteiger partial charge in [-0.25, -0.2) is 0 Å². The van der Waals surface area contributed by atoms with Crippen molar-refractivity contribution >= 4 is 61.2 Å². The molecule has 1 rings (SSSR count). The molecular weight excluding hydrogens is 410 g/mol. The molecule has 0 aromatic heterocycles. The lowest BCUT2D eigenvalue weighted by molar-refractivity contribution is -0.144. The Kier molecular flexibility index (Phi) is 7.61. The van der Waals surface area contributed by atoms with Gasteiger partial charge in [-0.15, -0.1) is 0 Å². The summed E-state index contributed by atoms with van der Waals surface area (Å²) in [4.78, 5) is 23.0. The van der Waals surface area contributed by atoms with E-state index in [1.165, 1.54) is 18.9 Å². The second-order valence-electron chi connectivity index (χ2n) is 4.11. The Morgan fingerprint density at radius 2 is 2.10 bits per heavy atom. The van der Waals surface area contributed by atoms with Gasteiger partial charge in [0.1, 0.15) is 0 Å². The van der Waals surface area contributed by atoms with Crippen molar-refractivity contribution in [2.75, 3.05) is 23.9 Å². The second kappa shape index (κ2) is 8.69. The van der Waals surface area contributed by atoms with Gasteiger partial charge in [-0.05, 0) is 34.1 Å². The molecule has 0 bridgehead atoms. The minimum absolute atomic E-state index is 0.102. The second-order valence-corrected chi connectivity index (χ2v) is 6.91. The summed E-state index contributed by atoms with van der Waals surface area (Å²) in [7, 11) is 1.36. The largest absolute Gasteiger partial charge is 0.469 e. The Labute approximate surface area is 139 Å². The zero-order valence-corrected chi connectivity index (χ0v) is 15.1. The van der Waals surface area contributed by atoms with Gasteiger partial charge in [-0.2, -0.15) is 11.8 Å². The molecule has 4 nitrogen and oxygen atoms in total. The zero-order chi connectivity index (χ0) is 15.1. The first-order valence-electron chi connectivity index (χ1n) is 5.84. The van der Waals surface area contributed by atoms with E-state index in [-0.39, 0.29) is 17.8 Å². The fourth-order valence-electron chi connectivity index (χ4n) is 1.37. The molecule has 110 valence electrons. The van der Waals surface area contributed by atoms with E-state index in [1.807, 2.05) is 18.2 Å². The molecule has 0 radical (unpaired) electrons. The van der Waals surface area contributed by atoms with Gasteiger partial charge in [0.2, 0.25) is 5.91 Å². The highest BCUT2D eigenvalue weighted by Crippen LogP contribution is 2.26. The van der Waals surface area contributed by atoms with Crippen LogP contribution in [0.15, 0.2) is 27.1 Å². The molecule has 1 aromatic carbocycles. The average molecular weight is 425 g/mol. The van der Waals surface area contributed by atoms with Crippen LogP contribution < -0.4 is 5.32 Å². The number of halogens is 2. The number of thioether (sulfide) groups is 1. The molecular formula is C13H15Br2NO3S. The van der Waals surface area contributed by atoms with Crippen molar-refractivity contribution in [2.24, 2.45) is 5.92 Å². The number of methoxy groups -OCH3 is 1. The number of nitrogens with one attached hydrogen (secondary N) is 1. The minimum Gasteiger partial charge on any atom is -0.469 e. The highest BCUT2D eigenvalue weighted by Gasteiger charge is 2.14. The van der Waals surface area contributed by atoms with E-state index in [0.717, 1.165) is 14.6 Å². The highest BCUT2D eigenvalue weighted by molar-refractivity contribution is 9.11. The molecule has 0 fully saturated rings. The van der Waals surface area contributed by atoms with Crippen LogP contribution >= 0.6 is 43.6 Å².